The fourth-order valence-electron chi connectivity index (χ4n) is 5.03. The van der Waals surface area contributed by atoms with Crippen LogP contribution in [0.4, 0.5) is 0 Å². The van der Waals surface area contributed by atoms with Crippen LogP contribution in [0.3, 0.4) is 0 Å². The third-order valence-electron chi connectivity index (χ3n) is 7.06. The molecular formula is C32H34N2O2S4. The summed E-state index contributed by atoms with van der Waals surface area (Å²) in [7, 11) is 0. The van der Waals surface area contributed by atoms with Crippen molar-refractivity contribution < 1.29 is 9.59 Å². The molecule has 8 heteroatoms. The first-order chi connectivity index (χ1) is 19.6. The Morgan fingerprint density at radius 2 is 1.48 bits per heavy atom. The Morgan fingerprint density at radius 3 is 2.10 bits per heavy atom. The number of carbonyl (C=O) groups excluding carboxylic acids is 2. The van der Waals surface area contributed by atoms with Crippen molar-refractivity contribution in [3.8, 4) is 19.5 Å². The summed E-state index contributed by atoms with van der Waals surface area (Å²) >= 11 is 6.82. The van der Waals surface area contributed by atoms with Crippen molar-refractivity contribution in [2.24, 2.45) is 0 Å². The van der Waals surface area contributed by atoms with Gasteiger partial charge in [-0.2, -0.15) is 0 Å². The molecule has 208 valence electrons. The lowest BCUT2D eigenvalue weighted by Gasteiger charge is -2.23. The van der Waals surface area contributed by atoms with Crippen molar-refractivity contribution in [1.82, 2.24) is 9.80 Å². The largest absolute Gasteiger partial charge is 0.313 e. The van der Waals surface area contributed by atoms with Crippen LogP contribution in [0.1, 0.15) is 62.6 Å². The summed E-state index contributed by atoms with van der Waals surface area (Å²) in [6, 6.07) is 16.9. The predicted octanol–water partition coefficient (Wildman–Crippen LogP) is 9.70. The average Bonchev–Trinajstić information content (AvgIpc) is 3.78. The summed E-state index contributed by atoms with van der Waals surface area (Å²) in [4.78, 5) is 37.5. The van der Waals surface area contributed by atoms with Crippen molar-refractivity contribution in [2.75, 3.05) is 13.1 Å². The zero-order valence-electron chi connectivity index (χ0n) is 23.1. The summed E-state index contributed by atoms with van der Waals surface area (Å²) in [6.45, 7) is 7.61. The van der Waals surface area contributed by atoms with E-state index in [4.69, 9.17) is 0 Å². The van der Waals surface area contributed by atoms with Crippen LogP contribution in [0.25, 0.3) is 30.9 Å². The summed E-state index contributed by atoms with van der Waals surface area (Å²) in [5, 5.41) is 4.17. The molecule has 1 aliphatic rings. The molecule has 5 heterocycles. The normalized spacial score (nSPS) is 14.9. The molecule has 0 radical (unpaired) electrons. The number of thiophene rings is 4. The molecule has 0 saturated carbocycles. The molecule has 0 unspecified atom stereocenters. The van der Waals surface area contributed by atoms with E-state index in [1.807, 2.05) is 4.90 Å². The van der Waals surface area contributed by atoms with E-state index in [2.05, 4.69) is 80.1 Å². The molecule has 0 fully saturated rings. The predicted molar refractivity (Wildman–Crippen MR) is 174 cm³/mol. The van der Waals surface area contributed by atoms with Crippen LogP contribution in [0.15, 0.2) is 70.4 Å². The van der Waals surface area contributed by atoms with Gasteiger partial charge in [0.05, 0.1) is 26.7 Å². The first-order valence-corrected chi connectivity index (χ1v) is 17.2. The van der Waals surface area contributed by atoms with Crippen LogP contribution < -0.4 is 0 Å². The molecule has 4 nitrogen and oxygen atoms in total. The molecule has 0 bridgehead atoms. The van der Waals surface area contributed by atoms with E-state index in [0.717, 1.165) is 70.1 Å². The van der Waals surface area contributed by atoms with Crippen LogP contribution >= 0.6 is 45.3 Å². The second-order valence-electron chi connectivity index (χ2n) is 9.80. The Bertz CT molecular complexity index is 1510. The van der Waals surface area contributed by atoms with Gasteiger partial charge in [-0.25, -0.2) is 0 Å². The molecule has 40 heavy (non-hydrogen) atoms. The van der Waals surface area contributed by atoms with E-state index in [1.165, 1.54) is 14.6 Å². The number of hydrogen-bond acceptors (Lipinski definition) is 6. The highest BCUT2D eigenvalue weighted by molar-refractivity contribution is 7.22. The van der Waals surface area contributed by atoms with Crippen molar-refractivity contribution in [1.29, 1.82) is 0 Å². The summed E-state index contributed by atoms with van der Waals surface area (Å²) < 4.78 is 0. The number of hydrogen-bond donors (Lipinski definition) is 0. The van der Waals surface area contributed by atoms with Gasteiger partial charge in [0.15, 0.2) is 0 Å². The lowest BCUT2D eigenvalue weighted by Crippen LogP contribution is -2.29. The van der Waals surface area contributed by atoms with Crippen LogP contribution in [0, 0.1) is 0 Å². The number of nitrogens with zero attached hydrogens (tertiary/aromatic N) is 2. The third kappa shape index (κ3) is 5.81. The lowest BCUT2D eigenvalue weighted by molar-refractivity contribution is -0.123. The highest BCUT2D eigenvalue weighted by Crippen LogP contribution is 2.45. The Kier molecular flexibility index (Phi) is 9.52. The molecule has 1 aliphatic heterocycles. The standard InChI is InChI=1S/C32H34N2O2S4/c1-4-6-8-18-34-30(27-15-13-25(39-27)23-11-9-19-37-23)22(3)29(32(34)36)31(33(21-35)17-7-5-2)28-16-14-26(40-28)24-12-10-20-38-24/h9-16,19-21H,4-8,17-18H2,1-3H3/b31-29+. The fourth-order valence-corrected chi connectivity index (χ4v) is 8.89. The highest BCUT2D eigenvalue weighted by Gasteiger charge is 2.38. The lowest BCUT2D eigenvalue weighted by atomic mass is 10.0. The van der Waals surface area contributed by atoms with Gasteiger partial charge < -0.3 is 9.80 Å². The van der Waals surface area contributed by atoms with E-state index >= 15 is 0 Å². The molecule has 0 spiro atoms. The quantitative estimate of drug-likeness (QED) is 0.0864. The molecule has 0 aliphatic carbocycles. The van der Waals surface area contributed by atoms with E-state index in [-0.39, 0.29) is 5.91 Å². The van der Waals surface area contributed by atoms with Gasteiger partial charge in [0, 0.05) is 32.6 Å². The minimum absolute atomic E-state index is 0.000834. The van der Waals surface area contributed by atoms with Crippen molar-refractivity contribution in [3.05, 3.63) is 80.2 Å². The minimum atomic E-state index is -0.000834. The summed E-state index contributed by atoms with van der Waals surface area (Å²) in [6.07, 6.45) is 5.85. The molecule has 0 saturated heterocycles. The van der Waals surface area contributed by atoms with E-state index in [1.54, 1.807) is 50.2 Å². The van der Waals surface area contributed by atoms with Gasteiger partial charge in [-0.05, 0) is 72.5 Å². The summed E-state index contributed by atoms with van der Waals surface area (Å²) in [5.41, 5.74) is 3.33. The Morgan fingerprint density at radius 1 is 0.825 bits per heavy atom. The number of rotatable bonds is 13. The van der Waals surface area contributed by atoms with Crippen molar-refractivity contribution >= 4 is 69.1 Å². The maximum Gasteiger partial charge on any atom is 0.260 e. The molecule has 5 rings (SSSR count). The molecule has 0 aromatic carbocycles. The zero-order chi connectivity index (χ0) is 28.1. The molecule has 4 aromatic heterocycles. The smallest absolute Gasteiger partial charge is 0.260 e. The van der Waals surface area contributed by atoms with Gasteiger partial charge >= 0.3 is 0 Å². The zero-order valence-corrected chi connectivity index (χ0v) is 26.4. The van der Waals surface area contributed by atoms with Gasteiger partial charge in [0.2, 0.25) is 6.41 Å². The minimum Gasteiger partial charge on any atom is -0.313 e. The number of unbranched alkanes of at least 4 members (excludes halogenated alkanes) is 3. The molecule has 2 amide bonds. The number of amides is 2. The first kappa shape index (κ1) is 28.7. The maximum atomic E-state index is 14.4. The topological polar surface area (TPSA) is 40.6 Å². The van der Waals surface area contributed by atoms with Crippen LogP contribution in [0.2, 0.25) is 0 Å². The Hall–Kier alpha value is -2.78. The Balaban J connectivity index is 1.67. The van der Waals surface area contributed by atoms with E-state index in [9.17, 15) is 9.59 Å². The SMILES string of the molecule is CCCCCN1C(=O)/C(=C(\c2ccc(-c3cccs3)s2)N(C=O)CCCC)C(C)=C1c1ccc(-c2cccs2)s1. The first-order valence-electron chi connectivity index (χ1n) is 13.8. The second-order valence-corrected chi connectivity index (χ2v) is 13.9. The molecule has 4 aromatic rings. The highest BCUT2D eigenvalue weighted by atomic mass is 32.1. The van der Waals surface area contributed by atoms with Crippen LogP contribution in [-0.4, -0.2) is 35.2 Å². The molecule has 0 atom stereocenters. The van der Waals surface area contributed by atoms with Crippen molar-refractivity contribution in [3.63, 3.8) is 0 Å². The van der Waals surface area contributed by atoms with Crippen LogP contribution in [-0.2, 0) is 9.59 Å². The van der Waals surface area contributed by atoms with Crippen molar-refractivity contribution in [2.45, 2.75) is 52.9 Å². The average molecular weight is 607 g/mol. The monoisotopic (exact) mass is 606 g/mol. The van der Waals surface area contributed by atoms with Gasteiger partial charge in [-0.3, -0.25) is 9.59 Å². The van der Waals surface area contributed by atoms with Gasteiger partial charge in [0.1, 0.15) is 0 Å². The fraction of sp³-hybridized carbons (Fsp3) is 0.312. The van der Waals surface area contributed by atoms with E-state index < -0.39 is 0 Å². The number of carbonyl (C=O) groups is 2. The van der Waals surface area contributed by atoms with Gasteiger partial charge in [-0.1, -0.05) is 45.2 Å². The summed E-state index contributed by atoms with van der Waals surface area (Å²) in [5.74, 6) is -0.000834. The van der Waals surface area contributed by atoms with Gasteiger partial charge in [-0.15, -0.1) is 45.3 Å². The molecule has 0 N–H and O–H groups in total. The molecular weight excluding hydrogens is 573 g/mol. The second kappa shape index (κ2) is 13.3. The maximum absolute atomic E-state index is 14.4. The third-order valence-corrected chi connectivity index (χ3v) is 11.4. The van der Waals surface area contributed by atoms with Crippen LogP contribution in [0.5, 0.6) is 0 Å². The Labute approximate surface area is 252 Å². The van der Waals surface area contributed by atoms with E-state index in [0.29, 0.717) is 18.7 Å². The van der Waals surface area contributed by atoms with Gasteiger partial charge in [0.25, 0.3) is 5.91 Å².